The maximum atomic E-state index is 6.14. The van der Waals surface area contributed by atoms with Gasteiger partial charge in [0.2, 0.25) is 0 Å². The first-order valence-electron chi connectivity index (χ1n) is 9.19. The van der Waals surface area contributed by atoms with Crippen molar-refractivity contribution in [2.75, 3.05) is 20.2 Å². The van der Waals surface area contributed by atoms with Crippen molar-refractivity contribution in [3.05, 3.63) is 53.1 Å². The minimum Gasteiger partial charge on any atom is -0.457 e. The van der Waals surface area contributed by atoms with Crippen LogP contribution in [0.25, 0.3) is 0 Å². The van der Waals surface area contributed by atoms with E-state index in [1.54, 1.807) is 0 Å². The fourth-order valence-corrected chi connectivity index (χ4v) is 2.57. The second-order valence-corrected chi connectivity index (χ2v) is 6.49. The lowest BCUT2D eigenvalue weighted by molar-refractivity contribution is 0.0763. The van der Waals surface area contributed by atoms with Crippen LogP contribution in [0, 0.1) is 13.8 Å². The molecule has 140 valence electrons. The molecule has 0 saturated carbocycles. The molecule has 0 aliphatic rings. The van der Waals surface area contributed by atoms with Gasteiger partial charge < -0.3 is 14.4 Å². The topological polar surface area (TPSA) is 34.1 Å². The monoisotopic (exact) mass is 354 g/mol. The predicted molar refractivity (Wildman–Crippen MR) is 109 cm³/mol. The van der Waals surface area contributed by atoms with E-state index < -0.39 is 0 Å². The summed E-state index contributed by atoms with van der Waals surface area (Å²) < 4.78 is 11.8. The molecule has 2 rings (SSSR count). The Morgan fingerprint density at radius 1 is 1.12 bits per heavy atom. The highest BCUT2D eigenvalue weighted by molar-refractivity contribution is 5.64. The molecule has 4 nitrogen and oxygen atoms in total. The zero-order valence-corrected chi connectivity index (χ0v) is 16.7. The smallest absolute Gasteiger partial charge is 0.130 e. The van der Waals surface area contributed by atoms with E-state index in [1.807, 2.05) is 56.4 Å². The summed E-state index contributed by atoms with van der Waals surface area (Å²) in [5.41, 5.74) is 4.23. The number of hydrogen-bond acceptors (Lipinski definition) is 3. The lowest BCUT2D eigenvalue weighted by Crippen LogP contribution is -2.14. The van der Waals surface area contributed by atoms with E-state index in [0.29, 0.717) is 6.61 Å². The molecular formula is C22H30N2O2. The molecule has 0 aromatic heterocycles. The van der Waals surface area contributed by atoms with E-state index >= 15 is 0 Å². The Morgan fingerprint density at radius 2 is 1.88 bits per heavy atom. The third-order valence-electron chi connectivity index (χ3n) is 4.36. The molecule has 1 unspecified atom stereocenters. The van der Waals surface area contributed by atoms with Gasteiger partial charge in [0.15, 0.2) is 0 Å². The molecule has 4 heteroatoms. The summed E-state index contributed by atoms with van der Waals surface area (Å²) in [6.07, 6.45) is 1.92. The Morgan fingerprint density at radius 3 is 2.58 bits per heavy atom. The van der Waals surface area contributed by atoms with Crippen LogP contribution in [0.2, 0.25) is 0 Å². The Kier molecular flexibility index (Phi) is 7.22. The summed E-state index contributed by atoms with van der Waals surface area (Å²) >= 11 is 0. The molecule has 26 heavy (non-hydrogen) atoms. The fourth-order valence-electron chi connectivity index (χ4n) is 2.57. The third kappa shape index (κ3) is 5.33. The summed E-state index contributed by atoms with van der Waals surface area (Å²) in [5, 5.41) is 0. The highest BCUT2D eigenvalue weighted by atomic mass is 16.5. The average molecular weight is 354 g/mol. The van der Waals surface area contributed by atoms with Crippen molar-refractivity contribution in [2.45, 2.75) is 40.7 Å². The Balaban J connectivity index is 2.21. The first kappa shape index (κ1) is 20.0. The van der Waals surface area contributed by atoms with Gasteiger partial charge in [0.1, 0.15) is 11.5 Å². The van der Waals surface area contributed by atoms with E-state index in [-0.39, 0.29) is 6.10 Å². The molecule has 0 aliphatic heterocycles. The summed E-state index contributed by atoms with van der Waals surface area (Å²) in [4.78, 5) is 6.62. The molecule has 0 radical (unpaired) electrons. The number of ether oxygens (including phenoxy) is 2. The number of aliphatic imine (C=N–C) groups is 1. The minimum atomic E-state index is 0.0543. The standard InChI is InChI=1S/C22H30N2O2/c1-7-24(6)15-23-21-12-17(4)22(13-16(21)3)26-20-11-9-10-19(14-20)18(5)25-8-2/h9-15,18H,7-8H2,1-6H3. The molecular weight excluding hydrogens is 324 g/mol. The van der Waals surface area contributed by atoms with Gasteiger partial charge in [-0.05, 0) is 75.6 Å². The number of hydrogen-bond donors (Lipinski definition) is 0. The first-order chi connectivity index (χ1) is 12.4. The number of aryl methyl sites for hydroxylation is 2. The molecule has 1 atom stereocenters. The molecule has 0 N–H and O–H groups in total. The van der Waals surface area contributed by atoms with Crippen LogP contribution in [-0.2, 0) is 4.74 Å². The SMILES string of the molecule is CCOC(C)c1cccc(Oc2cc(C)c(N=CN(C)CC)cc2C)c1. The van der Waals surface area contributed by atoms with Crippen LogP contribution in [0.3, 0.4) is 0 Å². The molecule has 0 amide bonds. The van der Waals surface area contributed by atoms with Gasteiger partial charge in [0.25, 0.3) is 0 Å². The van der Waals surface area contributed by atoms with Gasteiger partial charge in [-0.15, -0.1) is 0 Å². The maximum absolute atomic E-state index is 6.14. The third-order valence-corrected chi connectivity index (χ3v) is 4.36. The summed E-state index contributed by atoms with van der Waals surface area (Å²) in [7, 11) is 2.01. The summed E-state index contributed by atoms with van der Waals surface area (Å²) in [6.45, 7) is 11.9. The average Bonchev–Trinajstić information content (AvgIpc) is 2.63. The molecule has 2 aromatic carbocycles. The van der Waals surface area contributed by atoms with Crippen molar-refractivity contribution in [3.8, 4) is 11.5 Å². The maximum Gasteiger partial charge on any atom is 0.130 e. The van der Waals surface area contributed by atoms with Gasteiger partial charge in [-0.2, -0.15) is 0 Å². The van der Waals surface area contributed by atoms with E-state index in [4.69, 9.17) is 9.47 Å². The Hall–Kier alpha value is -2.33. The quantitative estimate of drug-likeness (QED) is 0.443. The van der Waals surface area contributed by atoms with Crippen LogP contribution in [0.4, 0.5) is 5.69 Å². The van der Waals surface area contributed by atoms with Gasteiger partial charge in [-0.1, -0.05) is 12.1 Å². The van der Waals surface area contributed by atoms with Crippen LogP contribution < -0.4 is 4.74 Å². The zero-order chi connectivity index (χ0) is 19.1. The van der Waals surface area contributed by atoms with Crippen molar-refractivity contribution >= 4 is 12.0 Å². The molecule has 0 saturated heterocycles. The lowest BCUT2D eigenvalue weighted by atomic mass is 10.1. The lowest BCUT2D eigenvalue weighted by Gasteiger charge is -2.15. The van der Waals surface area contributed by atoms with Gasteiger partial charge in [-0.3, -0.25) is 0 Å². The van der Waals surface area contributed by atoms with Gasteiger partial charge in [0, 0.05) is 20.2 Å². The second-order valence-electron chi connectivity index (χ2n) is 6.49. The van der Waals surface area contributed by atoms with Crippen molar-refractivity contribution in [1.29, 1.82) is 0 Å². The second kappa shape index (κ2) is 9.39. The number of nitrogens with zero attached hydrogens (tertiary/aromatic N) is 2. The highest BCUT2D eigenvalue weighted by Gasteiger charge is 2.09. The van der Waals surface area contributed by atoms with E-state index in [0.717, 1.165) is 40.4 Å². The van der Waals surface area contributed by atoms with Crippen LogP contribution in [0.5, 0.6) is 11.5 Å². The van der Waals surface area contributed by atoms with Gasteiger partial charge >= 0.3 is 0 Å². The highest BCUT2D eigenvalue weighted by Crippen LogP contribution is 2.32. The van der Waals surface area contributed by atoms with Crippen LogP contribution >= 0.6 is 0 Å². The molecule has 0 bridgehead atoms. The molecule has 0 heterocycles. The molecule has 0 aliphatic carbocycles. The molecule has 2 aromatic rings. The van der Waals surface area contributed by atoms with E-state index in [9.17, 15) is 0 Å². The summed E-state index contributed by atoms with van der Waals surface area (Å²) in [5.74, 6) is 1.67. The largest absolute Gasteiger partial charge is 0.457 e. The Labute approximate surface area is 157 Å². The van der Waals surface area contributed by atoms with E-state index in [2.05, 4.69) is 37.9 Å². The van der Waals surface area contributed by atoms with Crippen molar-refractivity contribution in [2.24, 2.45) is 4.99 Å². The predicted octanol–water partition coefficient (Wildman–Crippen LogP) is 5.80. The normalized spacial score (nSPS) is 12.4. The summed E-state index contributed by atoms with van der Waals surface area (Å²) in [6, 6.07) is 12.2. The molecule has 0 fully saturated rings. The van der Waals surface area contributed by atoms with E-state index in [1.165, 1.54) is 0 Å². The molecule has 0 spiro atoms. The van der Waals surface area contributed by atoms with Crippen molar-refractivity contribution < 1.29 is 9.47 Å². The van der Waals surface area contributed by atoms with Crippen molar-refractivity contribution in [1.82, 2.24) is 4.90 Å². The Bertz CT molecular complexity index is 756. The van der Waals surface area contributed by atoms with Crippen LogP contribution in [0.15, 0.2) is 41.4 Å². The number of rotatable bonds is 8. The zero-order valence-electron chi connectivity index (χ0n) is 16.7. The fraction of sp³-hybridized carbons (Fsp3) is 0.409. The van der Waals surface area contributed by atoms with Gasteiger partial charge in [-0.25, -0.2) is 4.99 Å². The van der Waals surface area contributed by atoms with Crippen molar-refractivity contribution in [3.63, 3.8) is 0 Å². The first-order valence-corrected chi connectivity index (χ1v) is 9.19. The van der Waals surface area contributed by atoms with Crippen LogP contribution in [-0.4, -0.2) is 31.4 Å². The van der Waals surface area contributed by atoms with Crippen LogP contribution in [0.1, 0.15) is 43.6 Å². The van der Waals surface area contributed by atoms with Gasteiger partial charge in [0.05, 0.1) is 18.1 Å². The minimum absolute atomic E-state index is 0.0543. The number of benzene rings is 2.